The molecular formula is C15H28N2O3. The van der Waals surface area contributed by atoms with Crippen LogP contribution in [0.3, 0.4) is 0 Å². The predicted molar refractivity (Wildman–Crippen MR) is 78.1 cm³/mol. The minimum absolute atomic E-state index is 0.00237. The number of amides is 2. The van der Waals surface area contributed by atoms with Crippen LogP contribution in [-0.2, 0) is 9.59 Å². The summed E-state index contributed by atoms with van der Waals surface area (Å²) in [4.78, 5) is 24.1. The average molecular weight is 284 g/mol. The fraction of sp³-hybridized carbons (Fsp3) is 0.867. The second-order valence-electron chi connectivity index (χ2n) is 5.69. The van der Waals surface area contributed by atoms with Gasteiger partial charge >= 0.3 is 0 Å². The second kappa shape index (κ2) is 8.95. The number of hydrogen-bond donors (Lipinski definition) is 3. The summed E-state index contributed by atoms with van der Waals surface area (Å²) in [6.07, 6.45) is 6.60. The molecule has 1 aliphatic rings. The fourth-order valence-electron chi connectivity index (χ4n) is 2.62. The van der Waals surface area contributed by atoms with Gasteiger partial charge in [0.1, 0.15) is 6.04 Å². The number of aliphatic hydroxyl groups is 1. The Morgan fingerprint density at radius 2 is 1.85 bits per heavy atom. The van der Waals surface area contributed by atoms with Gasteiger partial charge in [-0.1, -0.05) is 26.2 Å². The highest BCUT2D eigenvalue weighted by Gasteiger charge is 2.24. The van der Waals surface area contributed by atoms with Gasteiger partial charge in [-0.25, -0.2) is 0 Å². The molecule has 0 aliphatic heterocycles. The van der Waals surface area contributed by atoms with Crippen molar-refractivity contribution in [2.75, 3.05) is 6.61 Å². The van der Waals surface area contributed by atoms with Gasteiger partial charge in [0.2, 0.25) is 11.8 Å². The SMILES string of the molecule is CCC(CCO)NC(=O)C(C)NC(=O)C1CCCCC1. The van der Waals surface area contributed by atoms with Gasteiger partial charge in [-0.15, -0.1) is 0 Å². The zero-order chi connectivity index (χ0) is 15.0. The van der Waals surface area contributed by atoms with Gasteiger partial charge in [-0.05, 0) is 32.6 Å². The van der Waals surface area contributed by atoms with Crippen molar-refractivity contribution < 1.29 is 14.7 Å². The van der Waals surface area contributed by atoms with Crippen molar-refractivity contribution in [2.24, 2.45) is 5.92 Å². The third-order valence-corrected chi connectivity index (χ3v) is 4.04. The van der Waals surface area contributed by atoms with E-state index in [2.05, 4.69) is 10.6 Å². The Balaban J connectivity index is 2.38. The molecule has 2 amide bonds. The topological polar surface area (TPSA) is 78.4 Å². The molecule has 5 nitrogen and oxygen atoms in total. The molecule has 2 atom stereocenters. The Bertz CT molecular complexity index is 314. The van der Waals surface area contributed by atoms with Gasteiger partial charge in [0, 0.05) is 18.6 Å². The normalized spacial score (nSPS) is 19.1. The number of rotatable bonds is 7. The second-order valence-corrected chi connectivity index (χ2v) is 5.69. The summed E-state index contributed by atoms with van der Waals surface area (Å²) in [5.41, 5.74) is 0. The molecule has 0 spiro atoms. The summed E-state index contributed by atoms with van der Waals surface area (Å²) < 4.78 is 0. The first-order valence-corrected chi connectivity index (χ1v) is 7.80. The molecule has 20 heavy (non-hydrogen) atoms. The smallest absolute Gasteiger partial charge is 0.242 e. The van der Waals surface area contributed by atoms with Crippen molar-refractivity contribution >= 4 is 11.8 Å². The van der Waals surface area contributed by atoms with E-state index in [1.807, 2.05) is 6.92 Å². The van der Waals surface area contributed by atoms with Crippen molar-refractivity contribution in [3.8, 4) is 0 Å². The minimum atomic E-state index is -0.517. The molecule has 1 saturated carbocycles. The molecule has 1 aliphatic carbocycles. The van der Waals surface area contributed by atoms with Crippen LogP contribution < -0.4 is 10.6 Å². The van der Waals surface area contributed by atoms with Crippen LogP contribution in [0.5, 0.6) is 0 Å². The maximum atomic E-state index is 12.1. The molecule has 116 valence electrons. The molecule has 0 aromatic heterocycles. The van der Waals surface area contributed by atoms with Gasteiger partial charge in [0.05, 0.1) is 0 Å². The lowest BCUT2D eigenvalue weighted by Gasteiger charge is -2.24. The Morgan fingerprint density at radius 3 is 2.40 bits per heavy atom. The standard InChI is InChI=1S/C15H28N2O3/c1-3-13(9-10-18)17-14(19)11(2)16-15(20)12-7-5-4-6-8-12/h11-13,18H,3-10H2,1-2H3,(H,16,20)(H,17,19). The van der Waals surface area contributed by atoms with Crippen LogP contribution in [0.1, 0.15) is 58.8 Å². The van der Waals surface area contributed by atoms with Crippen LogP contribution in [0.25, 0.3) is 0 Å². The van der Waals surface area contributed by atoms with Crippen LogP contribution in [0.2, 0.25) is 0 Å². The summed E-state index contributed by atoms with van der Waals surface area (Å²) >= 11 is 0. The molecule has 3 N–H and O–H groups in total. The average Bonchev–Trinajstić information content (AvgIpc) is 2.47. The molecule has 1 fully saturated rings. The molecular weight excluding hydrogens is 256 g/mol. The fourth-order valence-corrected chi connectivity index (χ4v) is 2.62. The van der Waals surface area contributed by atoms with Crippen LogP contribution in [0.15, 0.2) is 0 Å². The van der Waals surface area contributed by atoms with Crippen molar-refractivity contribution in [2.45, 2.75) is 70.9 Å². The summed E-state index contributed by atoms with van der Waals surface area (Å²) in [7, 11) is 0. The molecule has 0 saturated heterocycles. The summed E-state index contributed by atoms with van der Waals surface area (Å²) in [6, 6.07) is -0.543. The van der Waals surface area contributed by atoms with Crippen molar-refractivity contribution in [1.82, 2.24) is 10.6 Å². The highest BCUT2D eigenvalue weighted by atomic mass is 16.3. The van der Waals surface area contributed by atoms with Crippen LogP contribution in [0.4, 0.5) is 0 Å². The Morgan fingerprint density at radius 1 is 1.20 bits per heavy atom. The maximum Gasteiger partial charge on any atom is 0.242 e. The third-order valence-electron chi connectivity index (χ3n) is 4.04. The van der Waals surface area contributed by atoms with Crippen LogP contribution in [0, 0.1) is 5.92 Å². The Hall–Kier alpha value is -1.10. The summed E-state index contributed by atoms with van der Waals surface area (Å²) in [6.45, 7) is 3.73. The van der Waals surface area contributed by atoms with E-state index in [0.29, 0.717) is 6.42 Å². The largest absolute Gasteiger partial charge is 0.396 e. The van der Waals surface area contributed by atoms with E-state index in [1.54, 1.807) is 6.92 Å². The van der Waals surface area contributed by atoms with E-state index in [1.165, 1.54) is 6.42 Å². The first-order valence-electron chi connectivity index (χ1n) is 7.80. The van der Waals surface area contributed by atoms with Gasteiger partial charge in [0.25, 0.3) is 0 Å². The van der Waals surface area contributed by atoms with Crippen LogP contribution >= 0.6 is 0 Å². The van der Waals surface area contributed by atoms with E-state index < -0.39 is 6.04 Å². The highest BCUT2D eigenvalue weighted by Crippen LogP contribution is 2.23. The van der Waals surface area contributed by atoms with E-state index in [0.717, 1.165) is 32.1 Å². The van der Waals surface area contributed by atoms with Crippen molar-refractivity contribution in [3.63, 3.8) is 0 Å². The van der Waals surface area contributed by atoms with Gasteiger partial charge in [0.15, 0.2) is 0 Å². The Labute approximate surface area is 121 Å². The maximum absolute atomic E-state index is 12.1. The molecule has 0 aromatic carbocycles. The van der Waals surface area contributed by atoms with Gasteiger partial charge < -0.3 is 15.7 Å². The number of carbonyl (C=O) groups excluding carboxylic acids is 2. The van der Waals surface area contributed by atoms with E-state index in [-0.39, 0.29) is 30.4 Å². The highest BCUT2D eigenvalue weighted by molar-refractivity contribution is 5.88. The van der Waals surface area contributed by atoms with Crippen LogP contribution in [-0.4, -0.2) is 35.6 Å². The van der Waals surface area contributed by atoms with Gasteiger partial charge in [-0.3, -0.25) is 9.59 Å². The van der Waals surface area contributed by atoms with Crippen molar-refractivity contribution in [3.05, 3.63) is 0 Å². The van der Waals surface area contributed by atoms with Gasteiger partial charge in [-0.2, -0.15) is 0 Å². The quantitative estimate of drug-likeness (QED) is 0.660. The number of hydrogen-bond acceptors (Lipinski definition) is 3. The number of aliphatic hydroxyl groups excluding tert-OH is 1. The van der Waals surface area contributed by atoms with E-state index in [9.17, 15) is 9.59 Å². The molecule has 1 rings (SSSR count). The number of nitrogens with one attached hydrogen (secondary N) is 2. The lowest BCUT2D eigenvalue weighted by molar-refractivity contribution is -0.131. The lowest BCUT2D eigenvalue weighted by atomic mass is 9.88. The first kappa shape index (κ1) is 17.0. The monoisotopic (exact) mass is 284 g/mol. The zero-order valence-electron chi connectivity index (χ0n) is 12.7. The molecule has 5 heteroatoms. The summed E-state index contributed by atoms with van der Waals surface area (Å²) in [5, 5.41) is 14.6. The first-order chi connectivity index (χ1) is 9.58. The minimum Gasteiger partial charge on any atom is -0.396 e. The molecule has 0 aromatic rings. The lowest BCUT2D eigenvalue weighted by Crippen LogP contribution is -2.49. The molecule has 0 heterocycles. The molecule has 0 bridgehead atoms. The number of carbonyl (C=O) groups is 2. The molecule has 0 radical (unpaired) electrons. The summed E-state index contributed by atoms with van der Waals surface area (Å²) in [5.74, 6) is -0.101. The van der Waals surface area contributed by atoms with E-state index in [4.69, 9.17) is 5.11 Å². The third kappa shape index (κ3) is 5.49. The molecule has 2 unspecified atom stereocenters. The Kier molecular flexibility index (Phi) is 7.59. The van der Waals surface area contributed by atoms with E-state index >= 15 is 0 Å². The van der Waals surface area contributed by atoms with Crippen molar-refractivity contribution in [1.29, 1.82) is 0 Å². The zero-order valence-corrected chi connectivity index (χ0v) is 12.7. The predicted octanol–water partition coefficient (Wildman–Crippen LogP) is 1.35.